The lowest BCUT2D eigenvalue weighted by molar-refractivity contribution is -0.132. The highest BCUT2D eigenvalue weighted by atomic mass is 16.5. The van der Waals surface area contributed by atoms with Crippen LogP contribution in [-0.2, 0) is 9.53 Å². The van der Waals surface area contributed by atoms with Gasteiger partial charge in [0.1, 0.15) is 0 Å². The van der Waals surface area contributed by atoms with Crippen molar-refractivity contribution >= 4 is 5.91 Å². The van der Waals surface area contributed by atoms with Gasteiger partial charge in [0.15, 0.2) is 0 Å². The molecule has 0 radical (unpaired) electrons. The molecular formula is C12H26N2O2. The fourth-order valence-corrected chi connectivity index (χ4v) is 2.44. The third-order valence-corrected chi connectivity index (χ3v) is 3.24. The maximum atomic E-state index is 11.6. The number of primary amides is 1. The van der Waals surface area contributed by atoms with E-state index < -0.39 is 0 Å². The van der Waals surface area contributed by atoms with Crippen molar-refractivity contribution in [3.8, 4) is 0 Å². The van der Waals surface area contributed by atoms with Crippen LogP contribution >= 0.6 is 0 Å². The fourth-order valence-electron chi connectivity index (χ4n) is 2.44. The first kappa shape index (κ1) is 15.4. The lowest BCUT2D eigenvalue weighted by atomic mass is 9.76. The van der Waals surface area contributed by atoms with E-state index >= 15 is 0 Å². The first-order valence-electron chi connectivity index (χ1n) is 5.66. The van der Waals surface area contributed by atoms with Crippen molar-refractivity contribution in [2.75, 3.05) is 21.2 Å². The van der Waals surface area contributed by atoms with Gasteiger partial charge in [-0.3, -0.25) is 9.69 Å². The van der Waals surface area contributed by atoms with E-state index in [-0.39, 0.29) is 23.5 Å². The molecule has 2 atom stereocenters. The molecule has 0 heterocycles. The standard InChI is InChI=1S/C12H26N2O2/c1-8(2)9(12(3,4)16-7)10(11(13)15)14(5)6/h8-10H,1-7H3,(H2,13,15). The number of carbonyl (C=O) groups excluding carboxylic acids is 1. The van der Waals surface area contributed by atoms with Gasteiger partial charge in [0, 0.05) is 13.0 Å². The average Bonchev–Trinajstić information content (AvgIpc) is 2.11. The molecule has 4 heteroatoms. The van der Waals surface area contributed by atoms with Gasteiger partial charge >= 0.3 is 0 Å². The van der Waals surface area contributed by atoms with Gasteiger partial charge in [0.25, 0.3) is 0 Å². The molecule has 0 aromatic heterocycles. The zero-order chi connectivity index (χ0) is 13.1. The first-order chi connectivity index (χ1) is 7.15. The maximum absolute atomic E-state index is 11.6. The van der Waals surface area contributed by atoms with Gasteiger partial charge in [0.2, 0.25) is 5.91 Å². The van der Waals surface area contributed by atoms with E-state index in [0.717, 1.165) is 0 Å². The van der Waals surface area contributed by atoms with E-state index in [1.54, 1.807) is 7.11 Å². The molecular weight excluding hydrogens is 204 g/mol. The van der Waals surface area contributed by atoms with Crippen LogP contribution in [0.4, 0.5) is 0 Å². The highest BCUT2D eigenvalue weighted by Crippen LogP contribution is 2.32. The second-order valence-corrected chi connectivity index (χ2v) is 5.39. The number of nitrogens with two attached hydrogens (primary N) is 1. The predicted octanol–water partition coefficient (Wildman–Crippen LogP) is 1.10. The Morgan fingerprint density at radius 3 is 1.94 bits per heavy atom. The lowest BCUT2D eigenvalue weighted by Gasteiger charge is -2.42. The number of rotatable bonds is 6. The van der Waals surface area contributed by atoms with E-state index in [2.05, 4.69) is 13.8 Å². The van der Waals surface area contributed by atoms with E-state index in [0.29, 0.717) is 5.92 Å². The molecule has 0 aliphatic rings. The van der Waals surface area contributed by atoms with Crippen LogP contribution in [0.2, 0.25) is 0 Å². The Kier molecular flexibility index (Phi) is 5.42. The highest BCUT2D eigenvalue weighted by Gasteiger charge is 2.41. The number of carbonyl (C=O) groups is 1. The van der Waals surface area contributed by atoms with Crippen molar-refractivity contribution < 1.29 is 9.53 Å². The molecule has 96 valence electrons. The number of hydrogen-bond acceptors (Lipinski definition) is 3. The molecule has 0 aromatic rings. The molecule has 0 saturated carbocycles. The van der Waals surface area contributed by atoms with Crippen molar-refractivity contribution in [1.29, 1.82) is 0 Å². The fraction of sp³-hybridized carbons (Fsp3) is 0.917. The molecule has 0 fully saturated rings. The summed E-state index contributed by atoms with van der Waals surface area (Å²) in [5, 5.41) is 0. The van der Waals surface area contributed by atoms with Crippen LogP contribution in [0, 0.1) is 11.8 Å². The summed E-state index contributed by atoms with van der Waals surface area (Å²) in [6.45, 7) is 8.17. The minimum absolute atomic E-state index is 0.0602. The van der Waals surface area contributed by atoms with Gasteiger partial charge in [0.05, 0.1) is 11.6 Å². The Hall–Kier alpha value is -0.610. The van der Waals surface area contributed by atoms with E-state index in [1.165, 1.54) is 0 Å². The van der Waals surface area contributed by atoms with Gasteiger partial charge in [-0.25, -0.2) is 0 Å². The minimum atomic E-state index is -0.377. The van der Waals surface area contributed by atoms with Gasteiger partial charge in [-0.2, -0.15) is 0 Å². The minimum Gasteiger partial charge on any atom is -0.378 e. The molecule has 0 rings (SSSR count). The molecule has 2 unspecified atom stereocenters. The number of amides is 1. The Bertz CT molecular complexity index is 237. The molecule has 0 aliphatic carbocycles. The number of likely N-dealkylation sites (N-methyl/N-ethyl adjacent to an activating group) is 1. The van der Waals surface area contributed by atoms with Crippen LogP contribution in [0.1, 0.15) is 27.7 Å². The molecule has 1 amide bonds. The van der Waals surface area contributed by atoms with Crippen LogP contribution in [0.3, 0.4) is 0 Å². The largest absolute Gasteiger partial charge is 0.378 e. The van der Waals surface area contributed by atoms with E-state index in [1.807, 2.05) is 32.8 Å². The Balaban J connectivity index is 5.24. The van der Waals surface area contributed by atoms with Crippen LogP contribution < -0.4 is 5.73 Å². The summed E-state index contributed by atoms with van der Waals surface area (Å²) < 4.78 is 5.51. The molecule has 0 spiro atoms. The summed E-state index contributed by atoms with van der Waals surface area (Å²) in [5.74, 6) is 0.0775. The molecule has 0 aromatic carbocycles. The maximum Gasteiger partial charge on any atom is 0.235 e. The number of hydrogen-bond donors (Lipinski definition) is 1. The SMILES string of the molecule is COC(C)(C)C(C(C)C)C(C(N)=O)N(C)C. The van der Waals surface area contributed by atoms with Crippen LogP contribution in [0.25, 0.3) is 0 Å². The van der Waals surface area contributed by atoms with E-state index in [4.69, 9.17) is 10.5 Å². The monoisotopic (exact) mass is 230 g/mol. The molecule has 4 nitrogen and oxygen atoms in total. The lowest BCUT2D eigenvalue weighted by Crippen LogP contribution is -2.55. The first-order valence-corrected chi connectivity index (χ1v) is 5.66. The average molecular weight is 230 g/mol. The van der Waals surface area contributed by atoms with Crippen LogP contribution in [0.15, 0.2) is 0 Å². The molecule has 0 aliphatic heterocycles. The zero-order valence-corrected chi connectivity index (χ0v) is 11.6. The third-order valence-electron chi connectivity index (χ3n) is 3.24. The smallest absolute Gasteiger partial charge is 0.235 e. The van der Waals surface area contributed by atoms with Crippen molar-refractivity contribution in [2.24, 2.45) is 17.6 Å². The quantitative estimate of drug-likeness (QED) is 0.743. The second kappa shape index (κ2) is 5.64. The summed E-state index contributed by atoms with van der Waals surface area (Å²) in [6.07, 6.45) is 0. The molecule has 0 bridgehead atoms. The zero-order valence-electron chi connectivity index (χ0n) is 11.6. The Morgan fingerprint density at radius 1 is 1.31 bits per heavy atom. The number of ether oxygens (including phenoxy) is 1. The van der Waals surface area contributed by atoms with Crippen molar-refractivity contribution in [2.45, 2.75) is 39.3 Å². The van der Waals surface area contributed by atoms with Gasteiger partial charge in [-0.05, 0) is 33.9 Å². The van der Waals surface area contributed by atoms with E-state index in [9.17, 15) is 4.79 Å². The Morgan fingerprint density at radius 2 is 1.75 bits per heavy atom. The number of methoxy groups -OCH3 is 1. The normalized spacial score (nSPS) is 16.6. The predicted molar refractivity (Wildman–Crippen MR) is 66.1 cm³/mol. The summed E-state index contributed by atoms with van der Waals surface area (Å²) in [4.78, 5) is 13.4. The molecule has 0 saturated heterocycles. The van der Waals surface area contributed by atoms with Gasteiger partial charge in [-0.1, -0.05) is 13.8 Å². The summed E-state index contributed by atoms with van der Waals surface area (Å²) in [5.41, 5.74) is 5.11. The topological polar surface area (TPSA) is 55.6 Å². The highest BCUT2D eigenvalue weighted by molar-refractivity contribution is 5.80. The summed E-state index contributed by atoms with van der Waals surface area (Å²) >= 11 is 0. The molecule has 16 heavy (non-hydrogen) atoms. The Labute approximate surface area is 99.1 Å². The third kappa shape index (κ3) is 3.46. The number of nitrogens with zero attached hydrogens (tertiary/aromatic N) is 1. The van der Waals surface area contributed by atoms with Crippen molar-refractivity contribution in [3.05, 3.63) is 0 Å². The summed E-state index contributed by atoms with van der Waals surface area (Å²) in [6, 6.07) is -0.310. The molecule has 2 N–H and O–H groups in total. The van der Waals surface area contributed by atoms with Gasteiger partial charge < -0.3 is 10.5 Å². The van der Waals surface area contributed by atoms with Crippen molar-refractivity contribution in [1.82, 2.24) is 4.90 Å². The van der Waals surface area contributed by atoms with Gasteiger partial charge in [-0.15, -0.1) is 0 Å². The van der Waals surface area contributed by atoms with Crippen LogP contribution in [-0.4, -0.2) is 43.7 Å². The summed E-state index contributed by atoms with van der Waals surface area (Å²) in [7, 11) is 5.41. The van der Waals surface area contributed by atoms with Crippen LogP contribution in [0.5, 0.6) is 0 Å². The van der Waals surface area contributed by atoms with Crippen molar-refractivity contribution in [3.63, 3.8) is 0 Å². The second-order valence-electron chi connectivity index (χ2n) is 5.39.